The van der Waals surface area contributed by atoms with E-state index in [1.807, 2.05) is 43.3 Å². The number of nitrogens with zero attached hydrogens (tertiary/aromatic N) is 1. The molecule has 1 aliphatic rings. The first-order chi connectivity index (χ1) is 15.0. The lowest BCUT2D eigenvalue weighted by Crippen LogP contribution is -2.35. The molecule has 1 aliphatic heterocycles. The molecule has 1 saturated heterocycles. The second-order valence-corrected chi connectivity index (χ2v) is 8.10. The van der Waals surface area contributed by atoms with Crippen LogP contribution < -0.4 is 20.9 Å². The molecule has 3 amide bonds. The van der Waals surface area contributed by atoms with E-state index in [4.69, 9.17) is 4.74 Å². The quantitative estimate of drug-likeness (QED) is 0.580. The first-order valence-corrected chi connectivity index (χ1v) is 10.8. The monoisotopic (exact) mass is 424 g/mol. The average molecular weight is 425 g/mol. The third-order valence-corrected chi connectivity index (χ3v) is 5.49. The summed E-state index contributed by atoms with van der Waals surface area (Å²) in [6.45, 7) is 6.93. The van der Waals surface area contributed by atoms with E-state index in [2.05, 4.69) is 27.8 Å². The third kappa shape index (κ3) is 6.46. The average Bonchev–Trinajstić information content (AvgIpc) is 2.74. The van der Waals surface area contributed by atoms with Crippen molar-refractivity contribution in [1.29, 1.82) is 0 Å². The van der Waals surface area contributed by atoms with Crippen LogP contribution in [0.2, 0.25) is 0 Å². The fraction of sp³-hybridized carbons (Fsp3) is 0.417. The Morgan fingerprint density at radius 3 is 2.45 bits per heavy atom. The van der Waals surface area contributed by atoms with Crippen LogP contribution in [0, 0.1) is 12.8 Å². The molecule has 2 aromatic carbocycles. The van der Waals surface area contributed by atoms with Crippen LogP contribution in [0.25, 0.3) is 0 Å². The van der Waals surface area contributed by atoms with Gasteiger partial charge in [-0.15, -0.1) is 0 Å². The second kappa shape index (κ2) is 10.8. The minimum absolute atomic E-state index is 0.173. The van der Waals surface area contributed by atoms with Gasteiger partial charge in [0.1, 0.15) is 0 Å². The van der Waals surface area contributed by atoms with Crippen LogP contribution >= 0.6 is 0 Å². The van der Waals surface area contributed by atoms with Crippen molar-refractivity contribution in [3.63, 3.8) is 0 Å². The number of aryl methyl sites for hydroxylation is 1. The van der Waals surface area contributed by atoms with Gasteiger partial charge in [-0.25, -0.2) is 4.79 Å². The number of benzene rings is 2. The molecule has 0 aliphatic carbocycles. The molecule has 3 rings (SSSR count). The van der Waals surface area contributed by atoms with Gasteiger partial charge in [-0.2, -0.15) is 0 Å². The van der Waals surface area contributed by atoms with Gasteiger partial charge in [-0.05, 0) is 61.6 Å². The Labute approximate surface area is 184 Å². The van der Waals surface area contributed by atoms with Crippen molar-refractivity contribution in [2.45, 2.75) is 26.7 Å². The van der Waals surface area contributed by atoms with Crippen LogP contribution in [0.3, 0.4) is 0 Å². The third-order valence-electron chi connectivity index (χ3n) is 5.49. The van der Waals surface area contributed by atoms with Gasteiger partial charge in [-0.3, -0.25) is 4.79 Å². The standard InChI is InChI=1S/C24H32N4O3/c1-17-9-12-28(13-10-17)22-8-7-20(16-21(22)23(29)25-11-14-31-3)27-24(30)26-19-6-4-5-18(2)15-19/h4-8,15-17H,9-14H2,1-3H3,(H,25,29)(H2,26,27,30). The number of rotatable bonds is 7. The van der Waals surface area contributed by atoms with E-state index in [0.29, 0.717) is 36.0 Å². The van der Waals surface area contributed by atoms with Gasteiger partial charge in [0.05, 0.1) is 12.2 Å². The van der Waals surface area contributed by atoms with Gasteiger partial charge in [0, 0.05) is 43.8 Å². The lowest BCUT2D eigenvalue weighted by atomic mass is 9.98. The van der Waals surface area contributed by atoms with Gasteiger partial charge >= 0.3 is 6.03 Å². The molecule has 7 heteroatoms. The van der Waals surface area contributed by atoms with Crippen molar-refractivity contribution in [3.05, 3.63) is 53.6 Å². The van der Waals surface area contributed by atoms with Crippen molar-refractivity contribution in [1.82, 2.24) is 5.32 Å². The summed E-state index contributed by atoms with van der Waals surface area (Å²) in [5.41, 5.74) is 3.80. The molecule has 7 nitrogen and oxygen atoms in total. The van der Waals surface area contributed by atoms with Crippen molar-refractivity contribution in [2.75, 3.05) is 48.9 Å². The molecule has 3 N–H and O–H groups in total. The first kappa shape index (κ1) is 22.6. The number of nitrogens with one attached hydrogen (secondary N) is 3. The Kier molecular flexibility index (Phi) is 7.89. The van der Waals surface area contributed by atoms with Crippen LogP contribution in [0.15, 0.2) is 42.5 Å². The van der Waals surface area contributed by atoms with Gasteiger partial charge in [0.15, 0.2) is 0 Å². The zero-order chi connectivity index (χ0) is 22.2. The number of hydrogen-bond donors (Lipinski definition) is 3. The predicted octanol–water partition coefficient (Wildman–Crippen LogP) is 4.25. The zero-order valence-corrected chi connectivity index (χ0v) is 18.5. The van der Waals surface area contributed by atoms with E-state index in [9.17, 15) is 9.59 Å². The Morgan fingerprint density at radius 2 is 1.77 bits per heavy atom. The molecule has 0 spiro atoms. The van der Waals surface area contributed by atoms with Crippen LogP contribution in [0.1, 0.15) is 35.7 Å². The topological polar surface area (TPSA) is 82.7 Å². The highest BCUT2D eigenvalue weighted by Crippen LogP contribution is 2.29. The van der Waals surface area contributed by atoms with Crippen molar-refractivity contribution >= 4 is 29.0 Å². The number of carbonyl (C=O) groups is 2. The Morgan fingerprint density at radius 1 is 1.06 bits per heavy atom. The number of piperidine rings is 1. The predicted molar refractivity (Wildman–Crippen MR) is 125 cm³/mol. The van der Waals surface area contributed by atoms with Crippen LogP contribution in [-0.4, -0.2) is 45.3 Å². The van der Waals surface area contributed by atoms with Crippen LogP contribution in [-0.2, 0) is 4.74 Å². The molecule has 166 valence electrons. The number of carbonyl (C=O) groups excluding carboxylic acids is 2. The maximum atomic E-state index is 12.9. The SMILES string of the molecule is COCCNC(=O)c1cc(NC(=O)Nc2cccc(C)c2)ccc1N1CCC(C)CC1. The normalized spacial score (nSPS) is 14.2. The van der Waals surface area contributed by atoms with E-state index in [-0.39, 0.29) is 11.9 Å². The molecule has 31 heavy (non-hydrogen) atoms. The summed E-state index contributed by atoms with van der Waals surface area (Å²) in [6, 6.07) is 12.7. The number of amides is 3. The minimum atomic E-state index is -0.351. The molecule has 1 fully saturated rings. The summed E-state index contributed by atoms with van der Waals surface area (Å²) in [5, 5.41) is 8.56. The van der Waals surface area contributed by atoms with Gasteiger partial charge in [0.2, 0.25) is 0 Å². The maximum Gasteiger partial charge on any atom is 0.323 e. The largest absolute Gasteiger partial charge is 0.383 e. The summed E-state index contributed by atoms with van der Waals surface area (Å²) >= 11 is 0. The highest BCUT2D eigenvalue weighted by molar-refractivity contribution is 6.04. The smallest absolute Gasteiger partial charge is 0.323 e. The summed E-state index contributed by atoms with van der Waals surface area (Å²) in [7, 11) is 1.60. The molecule has 0 bridgehead atoms. The van der Waals surface area contributed by atoms with Crippen LogP contribution in [0.4, 0.5) is 21.9 Å². The van der Waals surface area contributed by atoms with Gasteiger partial charge in [0.25, 0.3) is 5.91 Å². The first-order valence-electron chi connectivity index (χ1n) is 10.8. The molecule has 0 radical (unpaired) electrons. The molecular formula is C24H32N4O3. The van der Waals surface area contributed by atoms with E-state index in [0.717, 1.165) is 37.2 Å². The van der Waals surface area contributed by atoms with Crippen molar-refractivity contribution in [2.24, 2.45) is 5.92 Å². The molecular weight excluding hydrogens is 392 g/mol. The van der Waals surface area contributed by atoms with E-state index in [1.165, 1.54) is 0 Å². The van der Waals surface area contributed by atoms with E-state index < -0.39 is 0 Å². The number of ether oxygens (including phenoxy) is 1. The number of urea groups is 1. The van der Waals surface area contributed by atoms with Crippen molar-refractivity contribution < 1.29 is 14.3 Å². The molecule has 2 aromatic rings. The second-order valence-electron chi connectivity index (χ2n) is 8.10. The highest BCUT2D eigenvalue weighted by Gasteiger charge is 2.21. The van der Waals surface area contributed by atoms with Gasteiger partial charge in [-0.1, -0.05) is 19.1 Å². The lowest BCUT2D eigenvalue weighted by Gasteiger charge is -2.33. The highest BCUT2D eigenvalue weighted by atomic mass is 16.5. The molecule has 1 heterocycles. The zero-order valence-electron chi connectivity index (χ0n) is 18.5. The fourth-order valence-electron chi connectivity index (χ4n) is 3.70. The number of hydrogen-bond acceptors (Lipinski definition) is 4. The summed E-state index contributed by atoms with van der Waals surface area (Å²) in [4.78, 5) is 27.6. The van der Waals surface area contributed by atoms with Gasteiger partial charge < -0.3 is 25.6 Å². The molecule has 0 unspecified atom stereocenters. The summed E-state index contributed by atoms with van der Waals surface area (Å²) < 4.78 is 5.04. The lowest BCUT2D eigenvalue weighted by molar-refractivity contribution is 0.0937. The molecule has 0 atom stereocenters. The Hall–Kier alpha value is -3.06. The molecule has 0 saturated carbocycles. The number of methoxy groups -OCH3 is 1. The minimum Gasteiger partial charge on any atom is -0.383 e. The summed E-state index contributed by atoms with van der Waals surface area (Å²) in [5.74, 6) is 0.523. The molecule has 0 aromatic heterocycles. The Balaban J connectivity index is 1.76. The van der Waals surface area contributed by atoms with E-state index >= 15 is 0 Å². The fourth-order valence-corrected chi connectivity index (χ4v) is 3.70. The summed E-state index contributed by atoms with van der Waals surface area (Å²) in [6.07, 6.45) is 2.20. The van der Waals surface area contributed by atoms with Crippen LogP contribution in [0.5, 0.6) is 0 Å². The Bertz CT molecular complexity index is 907. The van der Waals surface area contributed by atoms with Crippen molar-refractivity contribution in [3.8, 4) is 0 Å². The van der Waals surface area contributed by atoms with E-state index in [1.54, 1.807) is 13.2 Å². The maximum absolute atomic E-state index is 12.9. The number of anilines is 3.